The van der Waals surface area contributed by atoms with Crippen molar-refractivity contribution in [2.45, 2.75) is 24.7 Å². The van der Waals surface area contributed by atoms with Gasteiger partial charge in [-0.15, -0.1) is 0 Å². The summed E-state index contributed by atoms with van der Waals surface area (Å²) in [7, 11) is -3.21. The molecule has 0 aliphatic carbocycles. The van der Waals surface area contributed by atoms with Crippen LogP contribution in [0.15, 0.2) is 35.5 Å². The lowest BCUT2D eigenvalue weighted by Crippen LogP contribution is -2.00. The van der Waals surface area contributed by atoms with Crippen LogP contribution >= 0.6 is 0 Å². The zero-order valence-corrected chi connectivity index (χ0v) is 11.0. The Morgan fingerprint density at radius 2 is 1.82 bits per heavy atom. The molecule has 0 aliphatic rings. The van der Waals surface area contributed by atoms with E-state index < -0.39 is 9.84 Å². The minimum absolute atomic E-state index is 0.352. The lowest BCUT2D eigenvalue weighted by molar-refractivity contribution is 0.602. The van der Waals surface area contributed by atoms with E-state index >= 15 is 0 Å². The number of rotatable bonds is 2. The van der Waals surface area contributed by atoms with Crippen LogP contribution in [0.4, 0.5) is 0 Å². The van der Waals surface area contributed by atoms with Gasteiger partial charge in [-0.3, -0.25) is 4.98 Å². The molecule has 0 atom stereocenters. The van der Waals surface area contributed by atoms with Gasteiger partial charge in [0.15, 0.2) is 9.84 Å². The average molecular weight is 249 g/mol. The summed E-state index contributed by atoms with van der Waals surface area (Å²) >= 11 is 0. The van der Waals surface area contributed by atoms with Gasteiger partial charge in [-0.1, -0.05) is 19.9 Å². The predicted molar refractivity (Wildman–Crippen MR) is 68.9 cm³/mol. The molecule has 90 valence electrons. The Morgan fingerprint density at radius 1 is 1.12 bits per heavy atom. The first-order valence-electron chi connectivity index (χ1n) is 5.48. The van der Waals surface area contributed by atoms with Crippen LogP contribution in [0, 0.1) is 0 Å². The van der Waals surface area contributed by atoms with Crippen LogP contribution in [0.3, 0.4) is 0 Å². The Balaban J connectivity index is 2.90. The molecule has 17 heavy (non-hydrogen) atoms. The normalized spacial score (nSPS) is 12.2. The molecular formula is C13H15NO2S. The summed E-state index contributed by atoms with van der Waals surface area (Å²) in [6.45, 7) is 4.19. The van der Waals surface area contributed by atoms with Crippen molar-refractivity contribution in [2.75, 3.05) is 6.26 Å². The Labute approximate surface area is 101 Å². The summed E-state index contributed by atoms with van der Waals surface area (Å²) < 4.78 is 23.4. The lowest BCUT2D eigenvalue weighted by Gasteiger charge is -2.12. The van der Waals surface area contributed by atoms with Crippen LogP contribution in [0.2, 0.25) is 0 Å². The maximum Gasteiger partial charge on any atom is 0.176 e. The fourth-order valence-corrected chi connectivity index (χ4v) is 2.89. The van der Waals surface area contributed by atoms with Crippen LogP contribution in [-0.2, 0) is 9.84 Å². The molecule has 0 unspecified atom stereocenters. The predicted octanol–water partition coefficient (Wildman–Crippen LogP) is 2.76. The first-order chi connectivity index (χ1) is 7.91. The second-order valence-electron chi connectivity index (χ2n) is 4.50. The third-order valence-corrected chi connectivity index (χ3v) is 3.99. The van der Waals surface area contributed by atoms with E-state index in [2.05, 4.69) is 18.8 Å². The van der Waals surface area contributed by atoms with E-state index in [9.17, 15) is 8.42 Å². The van der Waals surface area contributed by atoms with Gasteiger partial charge in [0.2, 0.25) is 0 Å². The molecule has 0 spiro atoms. The largest absolute Gasteiger partial charge is 0.264 e. The molecule has 0 fully saturated rings. The number of hydrogen-bond donors (Lipinski definition) is 0. The average Bonchev–Trinajstić information content (AvgIpc) is 2.26. The number of benzene rings is 1. The van der Waals surface area contributed by atoms with Crippen molar-refractivity contribution < 1.29 is 8.42 Å². The minimum Gasteiger partial charge on any atom is -0.264 e. The van der Waals surface area contributed by atoms with E-state index in [1.807, 2.05) is 12.1 Å². The molecule has 2 rings (SSSR count). The van der Waals surface area contributed by atoms with Crippen LogP contribution < -0.4 is 0 Å². The molecule has 1 aromatic heterocycles. The van der Waals surface area contributed by atoms with E-state index in [4.69, 9.17) is 0 Å². The van der Waals surface area contributed by atoms with Crippen molar-refractivity contribution in [3.63, 3.8) is 0 Å². The molecule has 1 aromatic carbocycles. The third kappa shape index (κ3) is 2.17. The zero-order chi connectivity index (χ0) is 12.6. The molecule has 0 aliphatic heterocycles. The number of hydrogen-bond acceptors (Lipinski definition) is 3. The maximum atomic E-state index is 11.7. The number of pyridine rings is 1. The van der Waals surface area contributed by atoms with Crippen molar-refractivity contribution in [2.24, 2.45) is 0 Å². The molecule has 0 saturated carbocycles. The first kappa shape index (κ1) is 12.0. The molecule has 0 saturated heterocycles. The van der Waals surface area contributed by atoms with E-state index in [0.29, 0.717) is 16.2 Å². The Morgan fingerprint density at radius 3 is 2.41 bits per heavy atom. The van der Waals surface area contributed by atoms with E-state index in [1.54, 1.807) is 18.5 Å². The minimum atomic E-state index is -3.21. The Kier molecular flexibility index (Phi) is 2.91. The molecule has 0 amide bonds. The number of aromatic nitrogens is 1. The van der Waals surface area contributed by atoms with Crippen molar-refractivity contribution >= 4 is 20.6 Å². The Hall–Kier alpha value is -1.42. The number of sulfone groups is 1. The van der Waals surface area contributed by atoms with Crippen molar-refractivity contribution in [3.8, 4) is 0 Å². The monoisotopic (exact) mass is 249 g/mol. The highest BCUT2D eigenvalue weighted by Crippen LogP contribution is 2.29. The second-order valence-corrected chi connectivity index (χ2v) is 6.49. The van der Waals surface area contributed by atoms with Gasteiger partial charge in [-0.25, -0.2) is 8.42 Å². The fraction of sp³-hybridized carbons (Fsp3) is 0.308. The SMILES string of the molecule is CC(C)c1ccc(S(C)(=O)=O)c2cnccc12. The Bertz CT molecular complexity index is 660. The molecular weight excluding hydrogens is 234 g/mol. The summed E-state index contributed by atoms with van der Waals surface area (Å²) in [4.78, 5) is 4.37. The van der Waals surface area contributed by atoms with Crippen molar-refractivity contribution in [1.82, 2.24) is 4.98 Å². The molecule has 0 radical (unpaired) electrons. The highest BCUT2D eigenvalue weighted by atomic mass is 32.2. The van der Waals surface area contributed by atoms with E-state index in [-0.39, 0.29) is 0 Å². The van der Waals surface area contributed by atoms with Gasteiger partial charge in [0.05, 0.1) is 4.90 Å². The van der Waals surface area contributed by atoms with Crippen LogP contribution in [0.5, 0.6) is 0 Å². The van der Waals surface area contributed by atoms with Gasteiger partial charge in [-0.2, -0.15) is 0 Å². The van der Waals surface area contributed by atoms with Crippen molar-refractivity contribution in [3.05, 3.63) is 36.2 Å². The second kappa shape index (κ2) is 4.11. The summed E-state index contributed by atoms with van der Waals surface area (Å²) in [5.74, 6) is 0.355. The summed E-state index contributed by atoms with van der Waals surface area (Å²) in [5.41, 5.74) is 1.15. The topological polar surface area (TPSA) is 47.0 Å². The van der Waals surface area contributed by atoms with Gasteiger partial charge in [-0.05, 0) is 29.0 Å². The van der Waals surface area contributed by atoms with E-state index in [1.165, 1.54) is 6.26 Å². The zero-order valence-electron chi connectivity index (χ0n) is 10.1. The van der Waals surface area contributed by atoms with Gasteiger partial charge in [0.25, 0.3) is 0 Å². The molecule has 1 heterocycles. The van der Waals surface area contributed by atoms with Crippen LogP contribution in [0.1, 0.15) is 25.3 Å². The van der Waals surface area contributed by atoms with Gasteiger partial charge in [0.1, 0.15) is 0 Å². The van der Waals surface area contributed by atoms with Crippen molar-refractivity contribution in [1.29, 1.82) is 0 Å². The smallest absolute Gasteiger partial charge is 0.176 e. The summed E-state index contributed by atoms with van der Waals surface area (Å²) in [6, 6.07) is 5.44. The molecule has 2 aromatic rings. The van der Waals surface area contributed by atoms with Crippen LogP contribution in [-0.4, -0.2) is 19.7 Å². The summed E-state index contributed by atoms with van der Waals surface area (Å²) in [6.07, 6.45) is 4.54. The standard InChI is InChI=1S/C13H15NO2S/c1-9(2)10-4-5-13(17(3,15)16)12-8-14-7-6-11(10)12/h4-9H,1-3H3. The lowest BCUT2D eigenvalue weighted by atomic mass is 9.97. The quantitative estimate of drug-likeness (QED) is 0.822. The van der Waals surface area contributed by atoms with Gasteiger partial charge < -0.3 is 0 Å². The molecule has 0 bridgehead atoms. The van der Waals surface area contributed by atoms with E-state index in [0.717, 1.165) is 10.9 Å². The third-order valence-electron chi connectivity index (χ3n) is 2.83. The van der Waals surface area contributed by atoms with Crippen LogP contribution in [0.25, 0.3) is 10.8 Å². The highest BCUT2D eigenvalue weighted by molar-refractivity contribution is 7.91. The molecule has 0 N–H and O–H groups in total. The van der Waals surface area contributed by atoms with Gasteiger partial charge in [0, 0.05) is 24.0 Å². The summed E-state index contributed by atoms with van der Waals surface area (Å²) in [5, 5.41) is 1.68. The molecule has 4 heteroatoms. The maximum absolute atomic E-state index is 11.7. The number of nitrogens with zero attached hydrogens (tertiary/aromatic N) is 1. The first-order valence-corrected chi connectivity index (χ1v) is 7.37. The van der Waals surface area contributed by atoms with Gasteiger partial charge >= 0.3 is 0 Å². The fourth-order valence-electron chi connectivity index (χ4n) is 2.01. The highest BCUT2D eigenvalue weighted by Gasteiger charge is 2.14. The number of fused-ring (bicyclic) bond motifs is 1. The molecule has 3 nitrogen and oxygen atoms in total.